The third-order valence-electron chi connectivity index (χ3n) is 4.18. The van der Waals surface area contributed by atoms with Gasteiger partial charge in [0.2, 0.25) is 0 Å². The van der Waals surface area contributed by atoms with Gasteiger partial charge in [0.15, 0.2) is 0 Å². The lowest BCUT2D eigenvalue weighted by molar-refractivity contribution is 0.0600. The number of para-hydroxylation sites is 1. The first-order chi connectivity index (χ1) is 14.6. The van der Waals surface area contributed by atoms with Crippen molar-refractivity contribution in [3.05, 3.63) is 101 Å². The maximum atomic E-state index is 13.6. The predicted molar refractivity (Wildman–Crippen MR) is 110 cm³/mol. The van der Waals surface area contributed by atoms with E-state index >= 15 is 0 Å². The average molecular weight is 406 g/mol. The fourth-order valence-electron chi connectivity index (χ4n) is 2.60. The van der Waals surface area contributed by atoms with Crippen molar-refractivity contribution in [1.29, 1.82) is 0 Å². The molecule has 0 heterocycles. The molecule has 0 aliphatic carbocycles. The predicted octanol–water partition coefficient (Wildman–Crippen LogP) is 3.96. The number of esters is 1. The second kappa shape index (κ2) is 9.97. The quantitative estimate of drug-likeness (QED) is 0.366. The summed E-state index contributed by atoms with van der Waals surface area (Å²) in [5.74, 6) is -1.11. The lowest BCUT2D eigenvalue weighted by Crippen LogP contribution is -2.19. The van der Waals surface area contributed by atoms with E-state index in [1.54, 1.807) is 48.5 Å². The Morgan fingerprint density at radius 1 is 1.00 bits per heavy atom. The van der Waals surface area contributed by atoms with E-state index in [0.717, 1.165) is 5.56 Å². The van der Waals surface area contributed by atoms with Crippen LogP contribution in [0.1, 0.15) is 31.8 Å². The Morgan fingerprint density at radius 2 is 1.70 bits per heavy atom. The molecular formula is C23H19FN2O4. The van der Waals surface area contributed by atoms with E-state index < -0.39 is 17.7 Å². The molecule has 0 aromatic heterocycles. The highest BCUT2D eigenvalue weighted by Gasteiger charge is 2.09. The lowest BCUT2D eigenvalue weighted by Gasteiger charge is -2.09. The first-order valence-electron chi connectivity index (χ1n) is 9.05. The lowest BCUT2D eigenvalue weighted by atomic mass is 10.1. The Balaban J connectivity index is 1.63. The number of amides is 1. The third kappa shape index (κ3) is 5.29. The Morgan fingerprint density at radius 3 is 2.43 bits per heavy atom. The SMILES string of the molecule is COC(=O)c1ccc(COc2ccccc2/C=N\NC(=O)c2ccccc2F)cc1. The Labute approximate surface area is 173 Å². The molecule has 1 amide bonds. The molecule has 0 aliphatic heterocycles. The van der Waals surface area contributed by atoms with Gasteiger partial charge in [-0.1, -0.05) is 36.4 Å². The number of halogens is 1. The van der Waals surface area contributed by atoms with Gasteiger partial charge >= 0.3 is 5.97 Å². The van der Waals surface area contributed by atoms with E-state index in [-0.39, 0.29) is 12.2 Å². The number of ether oxygens (including phenoxy) is 2. The van der Waals surface area contributed by atoms with Crippen molar-refractivity contribution in [2.24, 2.45) is 5.10 Å². The number of hydrogen-bond donors (Lipinski definition) is 1. The summed E-state index contributed by atoms with van der Waals surface area (Å²) >= 11 is 0. The standard InChI is InChI=1S/C23H19FN2O4/c1-29-23(28)17-12-10-16(11-13-17)15-30-21-9-5-2-6-18(21)14-25-26-22(27)19-7-3-4-8-20(19)24/h2-14H,15H2,1H3,(H,26,27)/b25-14-. The van der Waals surface area contributed by atoms with Crippen molar-refractivity contribution in [1.82, 2.24) is 5.43 Å². The van der Waals surface area contributed by atoms with E-state index in [1.165, 1.54) is 31.5 Å². The van der Waals surface area contributed by atoms with E-state index in [4.69, 9.17) is 4.74 Å². The minimum atomic E-state index is -0.645. The molecule has 6 nitrogen and oxygen atoms in total. The molecule has 152 valence electrons. The van der Waals surface area contributed by atoms with Gasteiger partial charge in [-0.15, -0.1) is 0 Å². The van der Waals surface area contributed by atoms with Gasteiger partial charge in [0.25, 0.3) is 5.91 Å². The van der Waals surface area contributed by atoms with Crippen LogP contribution in [0, 0.1) is 5.82 Å². The van der Waals surface area contributed by atoms with Crippen molar-refractivity contribution in [3.63, 3.8) is 0 Å². The van der Waals surface area contributed by atoms with Crippen molar-refractivity contribution in [2.75, 3.05) is 7.11 Å². The molecule has 1 N–H and O–H groups in total. The van der Waals surface area contributed by atoms with E-state index in [9.17, 15) is 14.0 Å². The molecule has 3 aromatic carbocycles. The fraction of sp³-hybridized carbons (Fsp3) is 0.0870. The van der Waals surface area contributed by atoms with E-state index in [2.05, 4.69) is 15.3 Å². The molecule has 3 rings (SSSR count). The molecule has 0 unspecified atom stereocenters. The summed E-state index contributed by atoms with van der Waals surface area (Å²) in [6, 6.07) is 19.7. The van der Waals surface area contributed by atoms with Gasteiger partial charge in [0, 0.05) is 5.56 Å². The van der Waals surface area contributed by atoms with E-state index in [1.807, 2.05) is 6.07 Å². The monoisotopic (exact) mass is 406 g/mol. The number of carbonyl (C=O) groups excluding carboxylic acids is 2. The number of nitrogens with zero attached hydrogens (tertiary/aromatic N) is 1. The molecule has 0 bridgehead atoms. The zero-order valence-electron chi connectivity index (χ0n) is 16.2. The second-order valence-electron chi connectivity index (χ2n) is 6.19. The van der Waals surface area contributed by atoms with Crippen LogP contribution in [0.15, 0.2) is 77.9 Å². The number of methoxy groups -OCH3 is 1. The normalized spacial score (nSPS) is 10.6. The van der Waals surface area contributed by atoms with Crippen molar-refractivity contribution in [3.8, 4) is 5.75 Å². The number of hydrogen-bond acceptors (Lipinski definition) is 5. The molecule has 7 heteroatoms. The molecular weight excluding hydrogens is 387 g/mol. The average Bonchev–Trinajstić information content (AvgIpc) is 2.78. The molecule has 0 spiro atoms. The van der Waals surface area contributed by atoms with Crippen LogP contribution in [0.3, 0.4) is 0 Å². The van der Waals surface area contributed by atoms with Crippen molar-refractivity contribution < 1.29 is 23.5 Å². The van der Waals surface area contributed by atoms with Gasteiger partial charge in [0.1, 0.15) is 18.2 Å². The second-order valence-corrected chi connectivity index (χ2v) is 6.19. The largest absolute Gasteiger partial charge is 0.488 e. The summed E-state index contributed by atoms with van der Waals surface area (Å²) in [5.41, 5.74) is 4.17. The number of hydrazone groups is 1. The van der Waals surface area contributed by atoms with Crippen LogP contribution in [0.25, 0.3) is 0 Å². The molecule has 0 radical (unpaired) electrons. The molecule has 30 heavy (non-hydrogen) atoms. The molecule has 0 aliphatic rings. The van der Waals surface area contributed by atoms with Gasteiger partial charge in [-0.3, -0.25) is 4.79 Å². The molecule has 0 fully saturated rings. The van der Waals surface area contributed by atoms with Crippen LogP contribution in [0.2, 0.25) is 0 Å². The Hall–Kier alpha value is -4.00. The summed E-state index contributed by atoms with van der Waals surface area (Å²) in [7, 11) is 1.33. The highest BCUT2D eigenvalue weighted by atomic mass is 19.1. The first kappa shape index (κ1) is 20.7. The van der Waals surface area contributed by atoms with Crippen molar-refractivity contribution in [2.45, 2.75) is 6.61 Å². The maximum Gasteiger partial charge on any atom is 0.337 e. The highest BCUT2D eigenvalue weighted by Crippen LogP contribution is 2.18. The van der Waals surface area contributed by atoms with Crippen LogP contribution < -0.4 is 10.2 Å². The van der Waals surface area contributed by atoms with Gasteiger partial charge in [-0.25, -0.2) is 14.6 Å². The number of rotatable bonds is 7. The van der Waals surface area contributed by atoms with Crippen molar-refractivity contribution >= 4 is 18.1 Å². The van der Waals surface area contributed by atoms with Gasteiger partial charge in [-0.2, -0.15) is 5.10 Å². The summed E-state index contributed by atoms with van der Waals surface area (Å²) < 4.78 is 24.2. The van der Waals surface area contributed by atoms with Gasteiger partial charge in [0.05, 0.1) is 24.5 Å². The fourth-order valence-corrected chi connectivity index (χ4v) is 2.60. The highest BCUT2D eigenvalue weighted by molar-refractivity contribution is 5.95. The minimum absolute atomic E-state index is 0.0883. The number of carbonyl (C=O) groups is 2. The topological polar surface area (TPSA) is 77.0 Å². The van der Waals surface area contributed by atoms with E-state index in [0.29, 0.717) is 16.9 Å². The zero-order chi connectivity index (χ0) is 21.3. The van der Waals surface area contributed by atoms with Gasteiger partial charge < -0.3 is 9.47 Å². The van der Waals surface area contributed by atoms with Crippen LogP contribution in [0.5, 0.6) is 5.75 Å². The Bertz CT molecular complexity index is 1060. The minimum Gasteiger partial charge on any atom is -0.488 e. The van der Waals surface area contributed by atoms with Crippen LogP contribution in [0.4, 0.5) is 4.39 Å². The summed E-state index contributed by atoms with van der Waals surface area (Å²) in [5, 5.41) is 3.89. The zero-order valence-corrected chi connectivity index (χ0v) is 16.2. The maximum absolute atomic E-state index is 13.6. The smallest absolute Gasteiger partial charge is 0.337 e. The van der Waals surface area contributed by atoms with Crippen LogP contribution in [-0.2, 0) is 11.3 Å². The number of nitrogens with one attached hydrogen (secondary N) is 1. The molecule has 0 saturated carbocycles. The molecule has 0 saturated heterocycles. The first-order valence-corrected chi connectivity index (χ1v) is 9.05. The molecule has 0 atom stereocenters. The molecule has 3 aromatic rings. The summed E-state index contributed by atoms with van der Waals surface area (Å²) in [4.78, 5) is 23.5. The van der Waals surface area contributed by atoms with Gasteiger partial charge in [-0.05, 0) is 42.0 Å². The summed E-state index contributed by atoms with van der Waals surface area (Å²) in [6.07, 6.45) is 1.43. The van der Waals surface area contributed by atoms with Crippen LogP contribution in [-0.4, -0.2) is 25.2 Å². The summed E-state index contributed by atoms with van der Waals surface area (Å²) in [6.45, 7) is 0.272. The van der Waals surface area contributed by atoms with Crippen LogP contribution >= 0.6 is 0 Å². The number of benzene rings is 3. The Kier molecular flexibility index (Phi) is 6.89. The third-order valence-corrected chi connectivity index (χ3v) is 4.18.